The fraction of sp³-hybridized carbons (Fsp3) is 0.500. The Labute approximate surface area is 320 Å². The van der Waals surface area contributed by atoms with Crippen LogP contribution in [0.25, 0.3) is 0 Å². The first-order valence-corrected chi connectivity index (χ1v) is 17.9. The van der Waals surface area contributed by atoms with E-state index in [4.69, 9.17) is 14.9 Å². The molecule has 2 aromatic rings. The molecule has 292 valence electrons. The van der Waals surface area contributed by atoms with Gasteiger partial charge in [0.05, 0.1) is 17.9 Å². The van der Waals surface area contributed by atoms with Crippen LogP contribution >= 0.6 is 22.6 Å². The number of amides is 3. The van der Waals surface area contributed by atoms with Crippen LogP contribution in [0.15, 0.2) is 48.7 Å². The lowest BCUT2D eigenvalue weighted by Crippen LogP contribution is -2.59. The molecule has 12 nitrogen and oxygen atoms in total. The highest BCUT2D eigenvalue weighted by atomic mass is 127. The molecule has 0 bridgehead atoms. The van der Waals surface area contributed by atoms with Gasteiger partial charge in [-0.3, -0.25) is 10.2 Å². The van der Waals surface area contributed by atoms with Gasteiger partial charge < -0.3 is 35.9 Å². The van der Waals surface area contributed by atoms with Crippen LogP contribution < -0.4 is 21.4 Å². The first-order valence-electron chi connectivity index (χ1n) is 16.8. The summed E-state index contributed by atoms with van der Waals surface area (Å²) in [5.74, 6) is -3.05. The Balaban J connectivity index is 1.96. The number of carbonyl (C=O) groups excluding carboxylic acids is 3. The summed E-state index contributed by atoms with van der Waals surface area (Å²) in [6, 6.07) is 6.73. The number of halogens is 5. The summed E-state index contributed by atoms with van der Waals surface area (Å²) < 4.78 is 67.7. The van der Waals surface area contributed by atoms with Crippen molar-refractivity contribution < 1.29 is 46.5 Å². The van der Waals surface area contributed by atoms with Crippen molar-refractivity contribution in [1.29, 1.82) is 5.41 Å². The molecule has 1 saturated carbocycles. The van der Waals surface area contributed by atoms with E-state index in [9.17, 15) is 28.3 Å². The number of hydrogen-bond acceptors (Lipinski definition) is 9. The summed E-state index contributed by atoms with van der Waals surface area (Å²) in [7, 11) is 0. The molecule has 3 amide bonds. The molecule has 1 fully saturated rings. The van der Waals surface area contributed by atoms with Gasteiger partial charge in [0.2, 0.25) is 0 Å². The Kier molecular flexibility index (Phi) is 15.5. The van der Waals surface area contributed by atoms with Crippen molar-refractivity contribution in [2.75, 3.05) is 6.54 Å². The molecular weight excluding hydrogens is 815 g/mol. The van der Waals surface area contributed by atoms with Gasteiger partial charge in [-0.15, -0.1) is 0 Å². The van der Waals surface area contributed by atoms with Crippen LogP contribution in [0, 0.1) is 26.0 Å². The minimum absolute atomic E-state index is 0.103. The Morgan fingerprint density at radius 1 is 1.02 bits per heavy atom. The average molecular weight is 863 g/mol. The van der Waals surface area contributed by atoms with Gasteiger partial charge in [0.25, 0.3) is 5.91 Å². The second-order valence-electron chi connectivity index (χ2n) is 14.7. The van der Waals surface area contributed by atoms with Crippen molar-refractivity contribution >= 4 is 46.4 Å². The van der Waals surface area contributed by atoms with E-state index in [0.29, 0.717) is 12.8 Å². The lowest BCUT2D eigenvalue weighted by Gasteiger charge is -2.34. The quantitative estimate of drug-likeness (QED) is 0.0400. The Morgan fingerprint density at radius 2 is 1.62 bits per heavy atom. The molecular formula is C36H47F4IN6O6. The second kappa shape index (κ2) is 18.9. The molecule has 53 heavy (non-hydrogen) atoms. The number of nitrogens with zero attached hydrogens (tertiary/aromatic N) is 1. The number of aliphatic hydroxyl groups is 1. The molecule has 1 aliphatic rings. The number of ether oxygens (including phenoxy) is 2. The number of alkyl halides is 2. The van der Waals surface area contributed by atoms with E-state index < -0.39 is 89.8 Å². The van der Waals surface area contributed by atoms with Gasteiger partial charge in [-0.1, -0.05) is 32.9 Å². The zero-order valence-electron chi connectivity index (χ0n) is 30.4. The van der Waals surface area contributed by atoms with E-state index in [-0.39, 0.29) is 18.1 Å². The molecule has 0 radical (unpaired) electrons. The van der Waals surface area contributed by atoms with Gasteiger partial charge in [0.1, 0.15) is 29.4 Å². The maximum Gasteiger partial charge on any atom is 0.408 e. The molecule has 6 N–H and O–H groups in total. The van der Waals surface area contributed by atoms with Gasteiger partial charge in [-0.05, 0) is 104 Å². The number of alkyl carbamates (subject to hydrolysis) is 2. The van der Waals surface area contributed by atoms with Crippen LogP contribution in [-0.2, 0) is 27.2 Å². The number of nitrogens with one attached hydrogen (secondary N) is 5. The van der Waals surface area contributed by atoms with Crippen molar-refractivity contribution in [1.82, 2.24) is 26.4 Å². The van der Waals surface area contributed by atoms with Crippen LogP contribution in [0.5, 0.6) is 0 Å². The zero-order chi connectivity index (χ0) is 39.7. The number of rotatable bonds is 16. The first-order chi connectivity index (χ1) is 24.6. The Morgan fingerprint density at radius 3 is 2.15 bits per heavy atom. The highest BCUT2D eigenvalue weighted by Gasteiger charge is 2.37. The van der Waals surface area contributed by atoms with E-state index in [1.807, 2.05) is 12.1 Å². The van der Waals surface area contributed by atoms with Crippen LogP contribution in [-0.4, -0.2) is 76.9 Å². The van der Waals surface area contributed by atoms with Crippen LogP contribution in [0.4, 0.5) is 27.2 Å². The predicted molar refractivity (Wildman–Crippen MR) is 198 cm³/mol. The van der Waals surface area contributed by atoms with Crippen LogP contribution in [0.2, 0.25) is 0 Å². The highest BCUT2D eigenvalue weighted by molar-refractivity contribution is 14.1. The second-order valence-corrected chi connectivity index (χ2v) is 15.9. The minimum atomic E-state index is -2.90. The third-order valence-electron chi connectivity index (χ3n) is 7.67. The molecule has 1 aliphatic carbocycles. The number of hydrazine groups is 1. The summed E-state index contributed by atoms with van der Waals surface area (Å²) in [4.78, 5) is 39.3. The summed E-state index contributed by atoms with van der Waals surface area (Å²) in [6.45, 7) is 6.01. The fourth-order valence-electron chi connectivity index (χ4n) is 4.91. The first kappa shape index (κ1) is 43.4. The standard InChI is InChI=1S/C36H47F4IN6O6/c1-35(2,3)30(45-33(50)52-23-11-12-23)31(49)46-47(18-24-25(37)16-21(17-26(24)38)27(42)13-14-43-32(39)40)19-29(48)28(44-34(51)53-36(4,5)6)15-20-7-9-22(41)10-8-20/h7-10,13-14,16-17,23,28-30,32,42-43,48H,11-12,15,18-19H2,1-6H3,(H,44,51)(H,45,50)(H,46,49)/b14-13-,42-27?/t28-,29-,30+/m0/s1. The number of allylic oxidation sites excluding steroid dienone is 1. The van der Waals surface area contributed by atoms with Crippen molar-refractivity contribution in [3.63, 3.8) is 0 Å². The normalized spacial score (nSPS) is 15.1. The van der Waals surface area contributed by atoms with Crippen molar-refractivity contribution in [3.8, 4) is 0 Å². The summed E-state index contributed by atoms with van der Waals surface area (Å²) in [5, 5.41) is 27.6. The number of aliphatic hydroxyl groups excluding tert-OH is 1. The zero-order valence-corrected chi connectivity index (χ0v) is 32.5. The van der Waals surface area contributed by atoms with Crippen molar-refractivity contribution in [2.45, 2.75) is 104 Å². The number of benzene rings is 2. The van der Waals surface area contributed by atoms with E-state index in [1.165, 1.54) is 0 Å². The predicted octanol–water partition coefficient (Wildman–Crippen LogP) is 5.90. The van der Waals surface area contributed by atoms with Gasteiger partial charge in [0.15, 0.2) is 0 Å². The van der Waals surface area contributed by atoms with Crippen LogP contribution in [0.1, 0.15) is 71.1 Å². The molecule has 2 aromatic carbocycles. The van der Waals surface area contributed by atoms with E-state index in [2.05, 4.69) is 38.7 Å². The number of hydrogen-bond donors (Lipinski definition) is 6. The topological polar surface area (TPSA) is 165 Å². The third-order valence-corrected chi connectivity index (χ3v) is 8.39. The van der Waals surface area contributed by atoms with E-state index in [1.54, 1.807) is 59.0 Å². The van der Waals surface area contributed by atoms with Gasteiger partial charge in [0, 0.05) is 34.0 Å². The summed E-state index contributed by atoms with van der Waals surface area (Å²) in [6.07, 6.45) is -0.202. The van der Waals surface area contributed by atoms with Gasteiger partial charge >= 0.3 is 18.7 Å². The lowest BCUT2D eigenvalue weighted by atomic mass is 9.86. The molecule has 0 unspecified atom stereocenters. The Hall–Kier alpha value is -3.97. The molecule has 0 aromatic heterocycles. The maximum absolute atomic E-state index is 15.6. The maximum atomic E-state index is 15.6. The van der Waals surface area contributed by atoms with Crippen LogP contribution in [0.3, 0.4) is 0 Å². The van der Waals surface area contributed by atoms with Crippen molar-refractivity contribution in [3.05, 3.63) is 80.6 Å². The van der Waals surface area contributed by atoms with Gasteiger partial charge in [-0.25, -0.2) is 23.4 Å². The lowest BCUT2D eigenvalue weighted by molar-refractivity contribution is -0.131. The summed E-state index contributed by atoms with van der Waals surface area (Å²) in [5.41, 5.74) is 0.281. The van der Waals surface area contributed by atoms with E-state index in [0.717, 1.165) is 38.6 Å². The fourth-order valence-corrected chi connectivity index (χ4v) is 5.26. The third kappa shape index (κ3) is 15.1. The van der Waals surface area contributed by atoms with Crippen molar-refractivity contribution in [2.24, 2.45) is 5.41 Å². The van der Waals surface area contributed by atoms with E-state index >= 15 is 8.78 Å². The molecule has 0 aliphatic heterocycles. The molecule has 0 heterocycles. The highest BCUT2D eigenvalue weighted by Crippen LogP contribution is 2.25. The Bertz CT molecular complexity index is 1610. The smallest absolute Gasteiger partial charge is 0.408 e. The summed E-state index contributed by atoms with van der Waals surface area (Å²) >= 11 is 2.13. The molecule has 0 saturated heterocycles. The minimum Gasteiger partial charge on any atom is -0.446 e. The SMILES string of the molecule is CC(C)(C)OC(=O)N[C@@H](Cc1ccc(I)cc1)[C@@H](O)CN(Cc1c(F)cc(C(=N)/C=C\NC(F)F)cc1F)NC(=O)[C@@H](NC(=O)OC1CC1)C(C)(C)C. The molecule has 0 spiro atoms. The molecule has 17 heteroatoms. The number of carbonyl (C=O) groups is 3. The largest absolute Gasteiger partial charge is 0.446 e. The molecule has 3 rings (SSSR count). The average Bonchev–Trinajstić information content (AvgIpc) is 3.84. The van der Waals surface area contributed by atoms with Gasteiger partial charge in [-0.2, -0.15) is 8.78 Å². The molecule has 3 atom stereocenters. The monoisotopic (exact) mass is 862 g/mol.